The summed E-state index contributed by atoms with van der Waals surface area (Å²) in [5.74, 6) is 0.148. The highest BCUT2D eigenvalue weighted by Gasteiger charge is 2.35. The van der Waals surface area contributed by atoms with Crippen molar-refractivity contribution >= 4 is 34.7 Å². The number of rotatable bonds is 7. The normalized spacial score (nSPS) is 15.9. The second kappa shape index (κ2) is 9.89. The molecule has 1 aliphatic rings. The smallest absolute Gasteiger partial charge is 0.338 e. The molecule has 0 saturated heterocycles. The molecule has 0 spiro atoms. The predicted octanol–water partition coefficient (Wildman–Crippen LogP) is 3.96. The number of para-hydroxylation sites is 1. The van der Waals surface area contributed by atoms with E-state index in [2.05, 4.69) is 0 Å². The highest BCUT2D eigenvalue weighted by Crippen LogP contribution is 2.36. The van der Waals surface area contributed by atoms with Crippen LogP contribution in [0.2, 0.25) is 0 Å². The minimum absolute atomic E-state index is 0.181. The van der Waals surface area contributed by atoms with Crippen molar-refractivity contribution < 1.29 is 14.3 Å². The molecule has 172 valence electrons. The summed E-state index contributed by atoms with van der Waals surface area (Å²) in [7, 11) is 1.59. The molecular formula is C25H26N2O4S2. The summed E-state index contributed by atoms with van der Waals surface area (Å²) in [5, 5.41) is 2.01. The molecule has 3 aromatic rings. The van der Waals surface area contributed by atoms with Crippen LogP contribution in [0.1, 0.15) is 48.7 Å². The van der Waals surface area contributed by atoms with Crippen molar-refractivity contribution in [1.29, 1.82) is 0 Å². The zero-order valence-electron chi connectivity index (χ0n) is 19.1. The third-order valence-electron chi connectivity index (χ3n) is 5.49. The molecule has 4 rings (SSSR count). The van der Waals surface area contributed by atoms with Gasteiger partial charge < -0.3 is 9.47 Å². The van der Waals surface area contributed by atoms with E-state index in [1.54, 1.807) is 29.9 Å². The summed E-state index contributed by atoms with van der Waals surface area (Å²) in [5.41, 5.74) is 2.72. The maximum absolute atomic E-state index is 13.7. The van der Waals surface area contributed by atoms with Crippen molar-refractivity contribution in [2.45, 2.75) is 39.7 Å². The van der Waals surface area contributed by atoms with Gasteiger partial charge in [-0.15, -0.1) is 11.3 Å². The maximum Gasteiger partial charge on any atom is 0.338 e. The van der Waals surface area contributed by atoms with Crippen LogP contribution in [-0.2, 0) is 9.53 Å². The molecule has 8 heteroatoms. The molecule has 1 aromatic carbocycles. The number of fused-ring (bicyclic) bond motifs is 1. The van der Waals surface area contributed by atoms with Crippen LogP contribution in [0.4, 0.5) is 0 Å². The van der Waals surface area contributed by atoms with Gasteiger partial charge in [0.1, 0.15) is 11.8 Å². The van der Waals surface area contributed by atoms with Crippen molar-refractivity contribution in [3.8, 4) is 5.75 Å². The molecule has 0 radical (unpaired) electrons. The van der Waals surface area contributed by atoms with Crippen LogP contribution >= 0.6 is 22.7 Å². The predicted molar refractivity (Wildman–Crippen MR) is 132 cm³/mol. The van der Waals surface area contributed by atoms with E-state index in [4.69, 9.17) is 14.5 Å². The number of hydrogen-bond donors (Lipinski definition) is 0. The van der Waals surface area contributed by atoms with Gasteiger partial charge >= 0.3 is 5.97 Å². The third-order valence-corrected chi connectivity index (χ3v) is 7.44. The molecule has 3 heterocycles. The number of carbonyl (C=O) groups excluding carboxylic acids is 1. The number of aromatic nitrogens is 1. The van der Waals surface area contributed by atoms with Crippen molar-refractivity contribution in [2.75, 3.05) is 13.7 Å². The van der Waals surface area contributed by atoms with E-state index < -0.39 is 12.0 Å². The lowest BCUT2D eigenvalue weighted by Crippen LogP contribution is -2.40. The van der Waals surface area contributed by atoms with E-state index in [1.165, 1.54) is 11.3 Å². The molecule has 0 unspecified atom stereocenters. The quantitative estimate of drug-likeness (QED) is 0.478. The largest absolute Gasteiger partial charge is 0.496 e. The van der Waals surface area contributed by atoms with Crippen LogP contribution in [0.3, 0.4) is 0 Å². The number of nitrogens with zero attached hydrogens (tertiary/aromatic N) is 2. The second-order valence-electron chi connectivity index (χ2n) is 7.62. The molecule has 2 aromatic heterocycles. The molecule has 0 fully saturated rings. The average molecular weight is 483 g/mol. The molecule has 0 N–H and O–H groups in total. The van der Waals surface area contributed by atoms with Crippen LogP contribution < -0.4 is 19.6 Å². The molecule has 33 heavy (non-hydrogen) atoms. The minimum atomic E-state index is -0.676. The first-order chi connectivity index (χ1) is 16.0. The summed E-state index contributed by atoms with van der Waals surface area (Å²) in [6.07, 6.45) is 3.33. The molecule has 0 bridgehead atoms. The Morgan fingerprint density at radius 1 is 1.24 bits per heavy atom. The highest BCUT2D eigenvalue weighted by atomic mass is 32.1. The number of hydrogen-bond acceptors (Lipinski definition) is 7. The Hall–Kier alpha value is -2.97. The lowest BCUT2D eigenvalue weighted by atomic mass is 9.93. The van der Waals surface area contributed by atoms with Gasteiger partial charge in [0.25, 0.3) is 5.56 Å². The molecule has 0 saturated carbocycles. The Kier molecular flexibility index (Phi) is 6.95. The van der Waals surface area contributed by atoms with Gasteiger partial charge in [-0.05, 0) is 49.4 Å². The maximum atomic E-state index is 13.7. The Balaban J connectivity index is 2.05. The van der Waals surface area contributed by atoms with E-state index in [0.29, 0.717) is 32.8 Å². The molecular weight excluding hydrogens is 456 g/mol. The van der Waals surface area contributed by atoms with Crippen LogP contribution in [0, 0.1) is 6.92 Å². The number of aryl methyl sites for hydroxylation is 1. The number of ether oxygens (including phenoxy) is 2. The SMILES string of the molecule is CCCC1=C(C(=O)OCC)[C@@H](c2ccccc2OC)n2c(s/c(=C/c3sccc3C)c2=O)=N1. The second-order valence-corrected chi connectivity index (χ2v) is 9.58. The van der Waals surface area contributed by atoms with Gasteiger partial charge in [0.15, 0.2) is 4.80 Å². The van der Waals surface area contributed by atoms with Gasteiger partial charge in [0.05, 0.1) is 29.5 Å². The minimum Gasteiger partial charge on any atom is -0.496 e. The van der Waals surface area contributed by atoms with Crippen molar-refractivity contribution in [2.24, 2.45) is 4.99 Å². The number of benzene rings is 1. The van der Waals surface area contributed by atoms with Gasteiger partial charge in [0, 0.05) is 10.4 Å². The fraction of sp³-hybridized carbons (Fsp3) is 0.320. The zero-order valence-corrected chi connectivity index (χ0v) is 20.7. The summed E-state index contributed by atoms with van der Waals surface area (Å²) in [6, 6.07) is 8.83. The van der Waals surface area contributed by atoms with Gasteiger partial charge in [0.2, 0.25) is 0 Å². The highest BCUT2D eigenvalue weighted by molar-refractivity contribution is 7.11. The van der Waals surface area contributed by atoms with Crippen LogP contribution in [0.25, 0.3) is 6.08 Å². The zero-order chi connectivity index (χ0) is 23.5. The molecule has 1 atom stereocenters. The van der Waals surface area contributed by atoms with Crippen molar-refractivity contribution in [3.05, 3.63) is 82.7 Å². The fourth-order valence-corrected chi connectivity index (χ4v) is 5.89. The summed E-state index contributed by atoms with van der Waals surface area (Å²) in [4.78, 5) is 33.3. The molecule has 1 aliphatic heterocycles. The fourth-order valence-electron chi connectivity index (χ4n) is 3.96. The first-order valence-electron chi connectivity index (χ1n) is 10.9. The van der Waals surface area contributed by atoms with Gasteiger partial charge in [-0.3, -0.25) is 9.36 Å². The summed E-state index contributed by atoms with van der Waals surface area (Å²) in [6.45, 7) is 6.07. The van der Waals surface area contributed by atoms with E-state index >= 15 is 0 Å². The van der Waals surface area contributed by atoms with E-state index in [0.717, 1.165) is 22.4 Å². The molecule has 0 aliphatic carbocycles. The first kappa shape index (κ1) is 23.2. The van der Waals surface area contributed by atoms with E-state index in [9.17, 15) is 9.59 Å². The monoisotopic (exact) mass is 482 g/mol. The van der Waals surface area contributed by atoms with Crippen molar-refractivity contribution in [1.82, 2.24) is 4.57 Å². The number of allylic oxidation sites excluding steroid dienone is 1. The van der Waals surface area contributed by atoms with E-state index in [1.807, 2.05) is 55.6 Å². The molecule has 6 nitrogen and oxygen atoms in total. The molecule has 0 amide bonds. The summed E-state index contributed by atoms with van der Waals surface area (Å²) >= 11 is 2.94. The summed E-state index contributed by atoms with van der Waals surface area (Å²) < 4.78 is 13.2. The number of carbonyl (C=O) groups is 1. The topological polar surface area (TPSA) is 69.9 Å². The van der Waals surface area contributed by atoms with Gasteiger partial charge in [-0.1, -0.05) is 42.9 Å². The Labute approximate surface area is 200 Å². The first-order valence-corrected chi connectivity index (χ1v) is 12.6. The van der Waals surface area contributed by atoms with Gasteiger partial charge in [-0.2, -0.15) is 0 Å². The number of thiazole rings is 1. The Morgan fingerprint density at radius 3 is 2.70 bits per heavy atom. The van der Waals surface area contributed by atoms with Gasteiger partial charge in [-0.25, -0.2) is 9.79 Å². The number of methoxy groups -OCH3 is 1. The standard InChI is InChI=1S/C25H26N2O4S2/c1-5-9-17-21(24(29)31-6-2)22(16-10-7-8-11-18(16)30-4)27-23(28)20(33-25(27)26-17)14-19-15(3)12-13-32-19/h7-8,10-14,22H,5-6,9H2,1-4H3/b20-14+/t22-/m1/s1. The van der Waals surface area contributed by atoms with Crippen molar-refractivity contribution in [3.63, 3.8) is 0 Å². The third kappa shape index (κ3) is 4.32. The van der Waals surface area contributed by atoms with Crippen LogP contribution in [0.15, 0.2) is 56.8 Å². The lowest BCUT2D eigenvalue weighted by molar-refractivity contribution is -0.139. The van der Waals surface area contributed by atoms with E-state index in [-0.39, 0.29) is 12.2 Å². The number of esters is 1. The van der Waals surface area contributed by atoms with Crippen LogP contribution in [-0.4, -0.2) is 24.3 Å². The Bertz CT molecular complexity index is 1390. The number of thiophene rings is 1. The van der Waals surface area contributed by atoms with Crippen LogP contribution in [0.5, 0.6) is 5.75 Å². The lowest BCUT2D eigenvalue weighted by Gasteiger charge is -2.26. The average Bonchev–Trinajstić information content (AvgIpc) is 3.35. The Morgan fingerprint density at radius 2 is 2.03 bits per heavy atom.